The molecule has 0 radical (unpaired) electrons. The average molecular weight is 312 g/mol. The van der Waals surface area contributed by atoms with Gasteiger partial charge in [-0.3, -0.25) is 19.7 Å². The molecule has 0 aromatic heterocycles. The van der Waals surface area contributed by atoms with Gasteiger partial charge in [-0.15, -0.1) is 0 Å². The summed E-state index contributed by atoms with van der Waals surface area (Å²) < 4.78 is 5.37. The third kappa shape index (κ3) is 2.42. The number of hydrogen-bond acceptors (Lipinski definition) is 5. The minimum atomic E-state index is -0.601. The molecule has 1 heterocycles. The first-order valence-corrected chi connectivity index (χ1v) is 6.93. The first-order chi connectivity index (χ1) is 11.0. The molecule has 0 N–H and O–H groups in total. The van der Waals surface area contributed by atoms with Crippen LogP contribution < -0.4 is 9.64 Å². The Balaban J connectivity index is 2.03. The molecule has 2 aromatic carbocycles. The molecule has 0 bridgehead atoms. The summed E-state index contributed by atoms with van der Waals surface area (Å²) >= 11 is 0. The van der Waals surface area contributed by atoms with Crippen molar-refractivity contribution in [2.75, 3.05) is 11.5 Å². The summed E-state index contributed by atoms with van der Waals surface area (Å²) in [7, 11) is 0. The Morgan fingerprint density at radius 3 is 2.52 bits per heavy atom. The number of imide groups is 1. The third-order valence-corrected chi connectivity index (χ3v) is 3.47. The molecule has 0 saturated heterocycles. The summed E-state index contributed by atoms with van der Waals surface area (Å²) in [5.41, 5.74) is 0.327. The smallest absolute Gasteiger partial charge is 0.270 e. The van der Waals surface area contributed by atoms with Gasteiger partial charge in [0.2, 0.25) is 0 Å². The lowest BCUT2D eigenvalue weighted by atomic mass is 10.1. The number of ether oxygens (including phenoxy) is 1. The summed E-state index contributed by atoms with van der Waals surface area (Å²) in [4.78, 5) is 36.2. The molecule has 0 unspecified atom stereocenters. The highest BCUT2D eigenvalue weighted by molar-refractivity contribution is 6.34. The Bertz CT molecular complexity index is 831. The van der Waals surface area contributed by atoms with E-state index in [2.05, 4.69) is 0 Å². The van der Waals surface area contributed by atoms with Crippen molar-refractivity contribution in [3.05, 3.63) is 63.7 Å². The Morgan fingerprint density at radius 1 is 1.09 bits per heavy atom. The minimum absolute atomic E-state index is 0.0333. The van der Waals surface area contributed by atoms with Crippen LogP contribution in [0.5, 0.6) is 5.75 Å². The average Bonchev–Trinajstić information content (AvgIpc) is 2.79. The molecule has 116 valence electrons. The molecule has 1 aliphatic heterocycles. The molecule has 0 atom stereocenters. The monoisotopic (exact) mass is 312 g/mol. The second-order valence-corrected chi connectivity index (χ2v) is 4.86. The fraction of sp³-hybridized carbons (Fsp3) is 0.125. The van der Waals surface area contributed by atoms with Crippen molar-refractivity contribution >= 4 is 23.2 Å². The van der Waals surface area contributed by atoms with Crippen molar-refractivity contribution in [3.63, 3.8) is 0 Å². The normalized spacial score (nSPS) is 13.2. The molecule has 7 nitrogen and oxygen atoms in total. The van der Waals surface area contributed by atoms with Crippen molar-refractivity contribution < 1.29 is 19.2 Å². The number of benzene rings is 2. The summed E-state index contributed by atoms with van der Waals surface area (Å²) in [6, 6.07) is 10.2. The molecular formula is C16H12N2O5. The van der Waals surface area contributed by atoms with Crippen LogP contribution in [-0.4, -0.2) is 23.3 Å². The van der Waals surface area contributed by atoms with E-state index in [0.717, 1.165) is 11.0 Å². The van der Waals surface area contributed by atoms with Gasteiger partial charge in [0.25, 0.3) is 17.5 Å². The van der Waals surface area contributed by atoms with E-state index < -0.39 is 16.7 Å². The van der Waals surface area contributed by atoms with E-state index in [1.807, 2.05) is 6.92 Å². The number of carbonyl (C=O) groups excluding carboxylic acids is 2. The SMILES string of the molecule is CCOc1cccc(N2C(=O)c3ccc([N+](=O)[O-])cc3C2=O)c1. The molecule has 0 spiro atoms. The topological polar surface area (TPSA) is 89.8 Å². The van der Waals surface area contributed by atoms with Crippen LogP contribution in [0, 0.1) is 10.1 Å². The number of anilines is 1. The lowest BCUT2D eigenvalue weighted by molar-refractivity contribution is -0.384. The number of rotatable bonds is 4. The standard InChI is InChI=1S/C16H12N2O5/c1-2-23-12-5-3-4-10(8-12)17-15(19)13-7-6-11(18(21)22)9-14(13)16(17)20/h3-9H,2H2,1H3. The highest BCUT2D eigenvalue weighted by Crippen LogP contribution is 2.32. The molecule has 0 fully saturated rings. The first-order valence-electron chi connectivity index (χ1n) is 6.93. The molecule has 23 heavy (non-hydrogen) atoms. The Kier molecular flexibility index (Phi) is 3.53. The van der Waals surface area contributed by atoms with Crippen LogP contribution in [-0.2, 0) is 0 Å². The fourth-order valence-electron chi connectivity index (χ4n) is 2.46. The van der Waals surface area contributed by atoms with Crippen LogP contribution >= 0.6 is 0 Å². The van der Waals surface area contributed by atoms with Crippen LogP contribution in [0.1, 0.15) is 27.6 Å². The van der Waals surface area contributed by atoms with Gasteiger partial charge in [0.05, 0.1) is 28.3 Å². The maximum absolute atomic E-state index is 12.5. The molecule has 7 heteroatoms. The molecule has 2 amide bonds. The maximum Gasteiger partial charge on any atom is 0.270 e. The Hall–Kier alpha value is -3.22. The highest BCUT2D eigenvalue weighted by Gasteiger charge is 2.37. The molecule has 0 saturated carbocycles. The predicted octanol–water partition coefficient (Wildman–Crippen LogP) is 2.79. The largest absolute Gasteiger partial charge is 0.494 e. The van der Waals surface area contributed by atoms with Crippen LogP contribution in [0.3, 0.4) is 0 Å². The molecular weight excluding hydrogens is 300 g/mol. The maximum atomic E-state index is 12.5. The Morgan fingerprint density at radius 2 is 1.83 bits per heavy atom. The van der Waals surface area contributed by atoms with Crippen LogP contribution in [0.15, 0.2) is 42.5 Å². The fourth-order valence-corrected chi connectivity index (χ4v) is 2.46. The first kappa shape index (κ1) is 14.7. The van der Waals surface area contributed by atoms with Gasteiger partial charge >= 0.3 is 0 Å². The van der Waals surface area contributed by atoms with Gasteiger partial charge in [-0.25, -0.2) is 4.90 Å². The van der Waals surface area contributed by atoms with Crippen molar-refractivity contribution in [3.8, 4) is 5.75 Å². The lowest BCUT2D eigenvalue weighted by Crippen LogP contribution is -2.29. The van der Waals surface area contributed by atoms with Gasteiger partial charge < -0.3 is 4.74 Å². The molecule has 1 aliphatic rings. The van der Waals surface area contributed by atoms with E-state index >= 15 is 0 Å². The Labute approximate surface area is 131 Å². The number of nitro groups is 1. The summed E-state index contributed by atoms with van der Waals surface area (Å²) in [6.45, 7) is 2.28. The van der Waals surface area contributed by atoms with Crippen molar-refractivity contribution in [2.45, 2.75) is 6.92 Å². The van der Waals surface area contributed by atoms with E-state index in [-0.39, 0.29) is 16.8 Å². The number of carbonyl (C=O) groups is 2. The van der Waals surface area contributed by atoms with Gasteiger partial charge in [-0.1, -0.05) is 6.07 Å². The van der Waals surface area contributed by atoms with Gasteiger partial charge in [-0.05, 0) is 25.1 Å². The number of amides is 2. The zero-order chi connectivity index (χ0) is 16.6. The second-order valence-electron chi connectivity index (χ2n) is 4.86. The van der Waals surface area contributed by atoms with Crippen LogP contribution in [0.4, 0.5) is 11.4 Å². The third-order valence-electron chi connectivity index (χ3n) is 3.47. The second kappa shape index (κ2) is 5.53. The minimum Gasteiger partial charge on any atom is -0.494 e. The molecule has 2 aromatic rings. The van der Waals surface area contributed by atoms with Gasteiger partial charge in [0.15, 0.2) is 0 Å². The van der Waals surface area contributed by atoms with Gasteiger partial charge in [-0.2, -0.15) is 0 Å². The number of non-ortho nitro benzene ring substituents is 1. The zero-order valence-corrected chi connectivity index (χ0v) is 12.2. The zero-order valence-electron chi connectivity index (χ0n) is 12.2. The van der Waals surface area contributed by atoms with E-state index in [9.17, 15) is 19.7 Å². The summed E-state index contributed by atoms with van der Waals surface area (Å²) in [6.07, 6.45) is 0. The lowest BCUT2D eigenvalue weighted by Gasteiger charge is -2.15. The van der Waals surface area contributed by atoms with E-state index in [0.29, 0.717) is 18.0 Å². The summed E-state index contributed by atoms with van der Waals surface area (Å²) in [5, 5.41) is 10.8. The highest BCUT2D eigenvalue weighted by atomic mass is 16.6. The van der Waals surface area contributed by atoms with Crippen molar-refractivity contribution in [1.82, 2.24) is 0 Å². The van der Waals surface area contributed by atoms with E-state index in [1.54, 1.807) is 24.3 Å². The van der Waals surface area contributed by atoms with Gasteiger partial charge in [0, 0.05) is 18.2 Å². The van der Waals surface area contributed by atoms with E-state index in [1.165, 1.54) is 12.1 Å². The number of nitrogens with zero attached hydrogens (tertiary/aromatic N) is 2. The summed E-state index contributed by atoms with van der Waals surface area (Å²) in [5.74, 6) is -0.552. The van der Waals surface area contributed by atoms with Crippen molar-refractivity contribution in [1.29, 1.82) is 0 Å². The molecule has 0 aliphatic carbocycles. The van der Waals surface area contributed by atoms with Gasteiger partial charge in [0.1, 0.15) is 5.75 Å². The van der Waals surface area contributed by atoms with Crippen LogP contribution in [0.25, 0.3) is 0 Å². The molecule has 3 rings (SSSR count). The van der Waals surface area contributed by atoms with E-state index in [4.69, 9.17) is 4.74 Å². The number of hydrogen-bond donors (Lipinski definition) is 0. The predicted molar refractivity (Wildman–Crippen MR) is 81.8 cm³/mol. The number of nitro benzene ring substituents is 1. The quantitative estimate of drug-likeness (QED) is 0.492. The number of fused-ring (bicyclic) bond motifs is 1. The van der Waals surface area contributed by atoms with Crippen molar-refractivity contribution in [2.24, 2.45) is 0 Å². The van der Waals surface area contributed by atoms with Crippen LogP contribution in [0.2, 0.25) is 0 Å².